The highest BCUT2D eigenvalue weighted by atomic mass is 16.5. The monoisotopic (exact) mass is 283 g/mol. The van der Waals surface area contributed by atoms with Crippen molar-refractivity contribution in [2.75, 3.05) is 27.2 Å². The summed E-state index contributed by atoms with van der Waals surface area (Å²) in [5.41, 5.74) is 5.06. The highest BCUT2D eigenvalue weighted by molar-refractivity contribution is 5.86. The molecule has 0 saturated heterocycles. The summed E-state index contributed by atoms with van der Waals surface area (Å²) < 4.78 is 5.95. The van der Waals surface area contributed by atoms with Crippen LogP contribution in [0.15, 0.2) is 53.6 Å². The third-order valence-corrected chi connectivity index (χ3v) is 3.63. The van der Waals surface area contributed by atoms with Crippen LogP contribution in [0.25, 0.3) is 5.57 Å². The Morgan fingerprint density at radius 1 is 1.24 bits per heavy atom. The normalized spacial score (nSPS) is 17.3. The third-order valence-electron chi connectivity index (χ3n) is 3.63. The third kappa shape index (κ3) is 3.85. The molecular weight excluding hydrogens is 258 g/mol. The highest BCUT2D eigenvalue weighted by Crippen LogP contribution is 2.36. The lowest BCUT2D eigenvalue weighted by Crippen LogP contribution is -2.12. The van der Waals surface area contributed by atoms with Crippen LogP contribution in [-0.4, -0.2) is 32.1 Å². The van der Waals surface area contributed by atoms with Gasteiger partial charge < -0.3 is 9.64 Å². The molecule has 1 aliphatic heterocycles. The van der Waals surface area contributed by atoms with Crippen molar-refractivity contribution >= 4 is 5.57 Å². The molecule has 112 valence electrons. The molecule has 0 fully saturated rings. The molecule has 0 atom stereocenters. The maximum atomic E-state index is 5.95. The molecule has 0 radical (unpaired) electrons. The minimum Gasteiger partial charge on any atom is -0.489 e. The van der Waals surface area contributed by atoms with Crippen molar-refractivity contribution in [2.24, 2.45) is 0 Å². The predicted molar refractivity (Wildman–Crippen MR) is 90.6 cm³/mol. The Bertz CT molecular complexity index is 579. The molecule has 2 rings (SSSR count). The average molecular weight is 283 g/mol. The van der Waals surface area contributed by atoms with Gasteiger partial charge in [0.25, 0.3) is 0 Å². The number of hydrogen-bond donors (Lipinski definition) is 0. The number of para-hydroxylation sites is 1. The van der Waals surface area contributed by atoms with Gasteiger partial charge in [0, 0.05) is 12.1 Å². The van der Waals surface area contributed by atoms with Crippen molar-refractivity contribution in [1.29, 1.82) is 0 Å². The zero-order chi connectivity index (χ0) is 15.2. The van der Waals surface area contributed by atoms with Crippen molar-refractivity contribution in [1.82, 2.24) is 4.90 Å². The van der Waals surface area contributed by atoms with E-state index >= 15 is 0 Å². The molecule has 0 amide bonds. The number of ether oxygens (including phenoxy) is 1. The molecule has 0 saturated carbocycles. The second-order valence-electron chi connectivity index (χ2n) is 5.69. The van der Waals surface area contributed by atoms with E-state index in [1.165, 1.54) is 22.3 Å². The van der Waals surface area contributed by atoms with E-state index in [4.69, 9.17) is 4.74 Å². The van der Waals surface area contributed by atoms with Gasteiger partial charge >= 0.3 is 0 Å². The van der Waals surface area contributed by atoms with Gasteiger partial charge in [0.05, 0.1) is 0 Å². The molecule has 0 aliphatic carbocycles. The summed E-state index contributed by atoms with van der Waals surface area (Å²) in [6.07, 6.45) is 7.67. The van der Waals surface area contributed by atoms with Gasteiger partial charge in [0.15, 0.2) is 0 Å². The van der Waals surface area contributed by atoms with Crippen molar-refractivity contribution in [3.63, 3.8) is 0 Å². The Morgan fingerprint density at radius 2 is 2.00 bits per heavy atom. The van der Waals surface area contributed by atoms with Crippen LogP contribution in [0, 0.1) is 0 Å². The lowest BCUT2D eigenvalue weighted by Gasteiger charge is -2.12. The summed E-state index contributed by atoms with van der Waals surface area (Å²) in [5, 5.41) is 0. The lowest BCUT2D eigenvalue weighted by molar-refractivity contribution is 0.353. The molecule has 1 aromatic rings. The van der Waals surface area contributed by atoms with Crippen LogP contribution >= 0.6 is 0 Å². The first-order valence-electron chi connectivity index (χ1n) is 7.53. The highest BCUT2D eigenvalue weighted by Gasteiger charge is 2.17. The Labute approximate surface area is 128 Å². The average Bonchev–Trinajstić information content (AvgIpc) is 2.59. The SMILES string of the molecule is C/C=C\C1=C(C)COc2ccccc2/C1=C\CCN(C)C. The van der Waals surface area contributed by atoms with E-state index in [1.54, 1.807) is 0 Å². The van der Waals surface area contributed by atoms with Gasteiger partial charge in [-0.05, 0) is 57.1 Å². The molecule has 0 bridgehead atoms. The van der Waals surface area contributed by atoms with E-state index in [1.807, 2.05) is 6.07 Å². The number of hydrogen-bond acceptors (Lipinski definition) is 2. The molecule has 2 heteroatoms. The molecular formula is C19H25NO. The van der Waals surface area contributed by atoms with Crippen LogP contribution in [-0.2, 0) is 0 Å². The molecule has 0 spiro atoms. The van der Waals surface area contributed by atoms with Crippen LogP contribution < -0.4 is 4.74 Å². The van der Waals surface area contributed by atoms with Gasteiger partial charge in [0.1, 0.15) is 12.4 Å². The van der Waals surface area contributed by atoms with Gasteiger partial charge in [-0.3, -0.25) is 0 Å². The molecule has 1 aromatic carbocycles. The van der Waals surface area contributed by atoms with E-state index in [9.17, 15) is 0 Å². The van der Waals surface area contributed by atoms with Crippen molar-refractivity contribution in [2.45, 2.75) is 20.3 Å². The van der Waals surface area contributed by atoms with Crippen LogP contribution in [0.4, 0.5) is 0 Å². The standard InChI is InChI=1S/C19H25NO/c1-5-9-16-15(2)14-21-19-12-7-6-10-18(19)17(16)11-8-13-20(3)4/h5-7,9-12H,8,13-14H2,1-4H3/b9-5-,17-11-. The Balaban J connectivity index is 2.47. The lowest BCUT2D eigenvalue weighted by atomic mass is 9.93. The number of rotatable bonds is 4. The zero-order valence-electron chi connectivity index (χ0n) is 13.5. The van der Waals surface area contributed by atoms with E-state index in [0.717, 1.165) is 18.7 Å². The van der Waals surface area contributed by atoms with Gasteiger partial charge in [-0.25, -0.2) is 0 Å². The quantitative estimate of drug-likeness (QED) is 0.816. The summed E-state index contributed by atoms with van der Waals surface area (Å²) in [7, 11) is 4.22. The Kier molecular flexibility index (Phi) is 5.40. The van der Waals surface area contributed by atoms with E-state index in [0.29, 0.717) is 6.61 Å². The van der Waals surface area contributed by atoms with Crippen LogP contribution in [0.3, 0.4) is 0 Å². The maximum Gasteiger partial charge on any atom is 0.127 e. The molecule has 0 N–H and O–H groups in total. The van der Waals surface area contributed by atoms with Crippen molar-refractivity contribution in [3.8, 4) is 5.75 Å². The first-order valence-corrected chi connectivity index (χ1v) is 7.53. The topological polar surface area (TPSA) is 12.5 Å². The summed E-state index contributed by atoms with van der Waals surface area (Å²) >= 11 is 0. The molecule has 0 aromatic heterocycles. The number of nitrogens with zero attached hydrogens (tertiary/aromatic N) is 1. The molecule has 1 aliphatic rings. The largest absolute Gasteiger partial charge is 0.489 e. The summed E-state index contributed by atoms with van der Waals surface area (Å²) in [4.78, 5) is 2.21. The van der Waals surface area contributed by atoms with E-state index in [-0.39, 0.29) is 0 Å². The van der Waals surface area contributed by atoms with Crippen molar-refractivity contribution < 1.29 is 4.74 Å². The number of benzene rings is 1. The minimum atomic E-state index is 0.654. The first kappa shape index (κ1) is 15.6. The summed E-state index contributed by atoms with van der Waals surface area (Å²) in [6.45, 7) is 5.92. The summed E-state index contributed by atoms with van der Waals surface area (Å²) in [5.74, 6) is 0.979. The molecule has 1 heterocycles. The maximum absolute atomic E-state index is 5.95. The molecule has 2 nitrogen and oxygen atoms in total. The van der Waals surface area contributed by atoms with Gasteiger partial charge in [-0.15, -0.1) is 0 Å². The second kappa shape index (κ2) is 7.28. The fourth-order valence-corrected chi connectivity index (χ4v) is 2.54. The Morgan fingerprint density at radius 3 is 2.71 bits per heavy atom. The first-order chi connectivity index (χ1) is 10.1. The van der Waals surface area contributed by atoms with Crippen LogP contribution in [0.5, 0.6) is 5.75 Å². The molecule has 21 heavy (non-hydrogen) atoms. The number of allylic oxidation sites excluding steroid dienone is 4. The summed E-state index contributed by atoms with van der Waals surface area (Å²) in [6, 6.07) is 8.32. The Hall–Kier alpha value is -1.80. The number of fused-ring (bicyclic) bond motifs is 1. The van der Waals surface area contributed by atoms with E-state index in [2.05, 4.69) is 69.3 Å². The second-order valence-corrected chi connectivity index (χ2v) is 5.69. The van der Waals surface area contributed by atoms with Crippen LogP contribution in [0.1, 0.15) is 25.8 Å². The smallest absolute Gasteiger partial charge is 0.127 e. The van der Waals surface area contributed by atoms with Crippen molar-refractivity contribution in [3.05, 3.63) is 59.2 Å². The van der Waals surface area contributed by atoms with E-state index < -0.39 is 0 Å². The van der Waals surface area contributed by atoms with Gasteiger partial charge in [0.2, 0.25) is 0 Å². The zero-order valence-corrected chi connectivity index (χ0v) is 13.5. The molecule has 0 unspecified atom stereocenters. The van der Waals surface area contributed by atoms with Gasteiger partial charge in [-0.1, -0.05) is 36.4 Å². The van der Waals surface area contributed by atoms with Gasteiger partial charge in [-0.2, -0.15) is 0 Å². The fraction of sp³-hybridized carbons (Fsp3) is 0.368. The van der Waals surface area contributed by atoms with Crippen LogP contribution in [0.2, 0.25) is 0 Å². The fourth-order valence-electron chi connectivity index (χ4n) is 2.54. The minimum absolute atomic E-state index is 0.654. The predicted octanol–water partition coefficient (Wildman–Crippen LogP) is 4.31.